The van der Waals surface area contributed by atoms with Crippen LogP contribution in [-0.2, 0) is 20.9 Å². The molecule has 0 radical (unpaired) electrons. The van der Waals surface area contributed by atoms with Gasteiger partial charge in [-0.25, -0.2) is 0 Å². The van der Waals surface area contributed by atoms with Crippen molar-refractivity contribution in [2.24, 2.45) is 10.9 Å². The molecule has 2 aromatic rings. The zero-order valence-electron chi connectivity index (χ0n) is 13.5. The topological polar surface area (TPSA) is 60.7 Å². The van der Waals surface area contributed by atoms with Gasteiger partial charge in [-0.3, -0.25) is 9.59 Å². The summed E-state index contributed by atoms with van der Waals surface area (Å²) in [6.45, 7) is 7.67. The molecule has 0 unspecified atom stereocenters. The monoisotopic (exact) mass is 320 g/mol. The van der Waals surface area contributed by atoms with Gasteiger partial charge in [-0.1, -0.05) is 31.3 Å². The Labute approximate surface area is 133 Å². The van der Waals surface area contributed by atoms with Crippen LogP contribution in [0.3, 0.4) is 0 Å². The number of rotatable bonds is 3. The largest absolute Gasteiger partial charge is 0.468 e. The molecule has 0 spiro atoms. The number of aromatic nitrogens is 1. The summed E-state index contributed by atoms with van der Waals surface area (Å²) in [4.78, 5) is 28.4. The van der Waals surface area contributed by atoms with Gasteiger partial charge in [0.2, 0.25) is 0 Å². The Morgan fingerprint density at radius 3 is 2.59 bits per heavy atom. The second kappa shape index (κ2) is 6.44. The van der Waals surface area contributed by atoms with Crippen molar-refractivity contribution in [3.05, 3.63) is 28.1 Å². The first-order valence-electron chi connectivity index (χ1n) is 7.09. The molecule has 6 heteroatoms. The maximum absolute atomic E-state index is 12.0. The van der Waals surface area contributed by atoms with Gasteiger partial charge in [0.25, 0.3) is 5.91 Å². The smallest absolute Gasteiger partial charge is 0.325 e. The van der Waals surface area contributed by atoms with Crippen molar-refractivity contribution in [3.63, 3.8) is 0 Å². The number of nitrogens with zero attached hydrogens (tertiary/aromatic N) is 2. The molecule has 0 aliphatic rings. The van der Waals surface area contributed by atoms with Crippen molar-refractivity contribution in [3.8, 4) is 0 Å². The summed E-state index contributed by atoms with van der Waals surface area (Å²) in [6, 6.07) is 4.09. The summed E-state index contributed by atoms with van der Waals surface area (Å²) in [5, 5.41) is 0. The molecule has 118 valence electrons. The molecule has 2 rings (SSSR count). The fraction of sp³-hybridized carbons (Fsp3) is 0.438. The van der Waals surface area contributed by atoms with E-state index in [4.69, 9.17) is 4.74 Å². The van der Waals surface area contributed by atoms with Crippen molar-refractivity contribution < 1.29 is 14.3 Å². The van der Waals surface area contributed by atoms with Gasteiger partial charge in [0.15, 0.2) is 4.80 Å². The third-order valence-corrected chi connectivity index (χ3v) is 4.35. The first kappa shape index (κ1) is 16.4. The van der Waals surface area contributed by atoms with Gasteiger partial charge in [0.1, 0.15) is 6.54 Å². The van der Waals surface area contributed by atoms with Gasteiger partial charge in [-0.2, -0.15) is 4.99 Å². The predicted octanol–water partition coefficient (Wildman–Crippen LogP) is 2.58. The summed E-state index contributed by atoms with van der Waals surface area (Å²) in [6.07, 6.45) is 0. The number of hydrogen-bond acceptors (Lipinski definition) is 4. The molecule has 0 saturated carbocycles. The standard InChI is InChI=1S/C16H20N2O3S/c1-9(2)15(20)17-16-18(8-13(19)21-5)14-11(4)6-10(3)7-12(14)22-16/h6-7,9H,8H2,1-5H3. The average Bonchev–Trinajstić information content (AvgIpc) is 2.76. The maximum atomic E-state index is 12.0. The van der Waals surface area contributed by atoms with E-state index < -0.39 is 0 Å². The summed E-state index contributed by atoms with van der Waals surface area (Å²) in [5.41, 5.74) is 3.11. The van der Waals surface area contributed by atoms with Gasteiger partial charge in [0.05, 0.1) is 17.3 Å². The zero-order valence-corrected chi connectivity index (χ0v) is 14.3. The Balaban J connectivity index is 2.74. The van der Waals surface area contributed by atoms with Gasteiger partial charge in [-0.05, 0) is 31.0 Å². The number of carbonyl (C=O) groups excluding carboxylic acids is 2. The average molecular weight is 320 g/mol. The lowest BCUT2D eigenvalue weighted by Gasteiger charge is -2.06. The molecule has 1 heterocycles. The molecule has 0 aliphatic heterocycles. The van der Waals surface area contributed by atoms with Crippen LogP contribution < -0.4 is 4.80 Å². The lowest BCUT2D eigenvalue weighted by molar-refractivity contribution is -0.141. The summed E-state index contributed by atoms with van der Waals surface area (Å²) < 4.78 is 7.54. The van der Waals surface area contributed by atoms with Crippen LogP contribution in [0, 0.1) is 19.8 Å². The number of amides is 1. The van der Waals surface area contributed by atoms with Crippen LogP contribution in [0.4, 0.5) is 0 Å². The van der Waals surface area contributed by atoms with Crippen LogP contribution in [0.2, 0.25) is 0 Å². The quantitative estimate of drug-likeness (QED) is 0.817. The molecule has 22 heavy (non-hydrogen) atoms. The van der Waals surface area contributed by atoms with Crippen molar-refractivity contribution in [2.75, 3.05) is 7.11 Å². The minimum Gasteiger partial charge on any atom is -0.468 e. The van der Waals surface area contributed by atoms with E-state index in [2.05, 4.69) is 11.1 Å². The number of fused-ring (bicyclic) bond motifs is 1. The fourth-order valence-electron chi connectivity index (χ4n) is 2.24. The van der Waals surface area contributed by atoms with Crippen LogP contribution in [0.1, 0.15) is 25.0 Å². The highest BCUT2D eigenvalue weighted by Crippen LogP contribution is 2.23. The molecule has 0 aliphatic carbocycles. The maximum Gasteiger partial charge on any atom is 0.325 e. The number of esters is 1. The third-order valence-electron chi connectivity index (χ3n) is 3.33. The van der Waals surface area contributed by atoms with E-state index >= 15 is 0 Å². The highest BCUT2D eigenvalue weighted by atomic mass is 32.1. The van der Waals surface area contributed by atoms with E-state index in [-0.39, 0.29) is 24.3 Å². The zero-order chi connectivity index (χ0) is 16.4. The first-order valence-corrected chi connectivity index (χ1v) is 7.91. The van der Waals surface area contributed by atoms with Gasteiger partial charge in [0, 0.05) is 5.92 Å². The summed E-state index contributed by atoms with van der Waals surface area (Å²) >= 11 is 1.42. The molecule has 0 saturated heterocycles. The Morgan fingerprint density at radius 1 is 1.32 bits per heavy atom. The van der Waals surface area contributed by atoms with Crippen LogP contribution in [0.5, 0.6) is 0 Å². The molecule has 5 nitrogen and oxygen atoms in total. The third kappa shape index (κ3) is 3.27. The Morgan fingerprint density at radius 2 is 2.00 bits per heavy atom. The first-order chi connectivity index (χ1) is 10.3. The lowest BCUT2D eigenvalue weighted by atomic mass is 10.1. The number of thiazole rings is 1. The molecule has 0 fully saturated rings. The molecule has 1 amide bonds. The van der Waals surface area contributed by atoms with Gasteiger partial charge in [-0.15, -0.1) is 0 Å². The van der Waals surface area contributed by atoms with Crippen molar-refractivity contribution in [1.82, 2.24) is 4.57 Å². The van der Waals surface area contributed by atoms with Crippen LogP contribution in [0.15, 0.2) is 17.1 Å². The van der Waals surface area contributed by atoms with E-state index in [0.29, 0.717) is 4.80 Å². The second-order valence-electron chi connectivity index (χ2n) is 5.58. The van der Waals surface area contributed by atoms with Crippen molar-refractivity contribution in [1.29, 1.82) is 0 Å². The number of hydrogen-bond donors (Lipinski definition) is 0. The minimum atomic E-state index is -0.363. The SMILES string of the molecule is COC(=O)Cn1c(=NC(=O)C(C)C)sc2cc(C)cc(C)c21. The Bertz CT molecular complexity index is 800. The van der Waals surface area contributed by atoms with E-state index in [0.717, 1.165) is 21.3 Å². The number of carbonyl (C=O) groups is 2. The Hall–Kier alpha value is -1.95. The number of methoxy groups -OCH3 is 1. The van der Waals surface area contributed by atoms with Crippen molar-refractivity contribution in [2.45, 2.75) is 34.2 Å². The summed E-state index contributed by atoms with van der Waals surface area (Å²) in [7, 11) is 1.35. The van der Waals surface area contributed by atoms with Crippen molar-refractivity contribution >= 4 is 33.4 Å². The summed E-state index contributed by atoms with van der Waals surface area (Å²) in [5.74, 6) is -0.739. The fourth-order valence-corrected chi connectivity index (χ4v) is 3.45. The van der Waals surface area contributed by atoms with Crippen LogP contribution in [-0.4, -0.2) is 23.6 Å². The van der Waals surface area contributed by atoms with E-state index in [9.17, 15) is 9.59 Å². The normalized spacial score (nSPS) is 12.2. The number of ether oxygens (including phenoxy) is 1. The molecular weight excluding hydrogens is 300 g/mol. The lowest BCUT2D eigenvalue weighted by Crippen LogP contribution is -2.23. The molecule has 0 bridgehead atoms. The minimum absolute atomic E-state index is 0.0462. The number of aryl methyl sites for hydroxylation is 2. The molecule has 0 N–H and O–H groups in total. The second-order valence-corrected chi connectivity index (χ2v) is 6.59. The molecular formula is C16H20N2O3S. The van der Waals surface area contributed by atoms with E-state index in [1.807, 2.05) is 19.9 Å². The highest BCUT2D eigenvalue weighted by Gasteiger charge is 2.14. The van der Waals surface area contributed by atoms with Crippen LogP contribution >= 0.6 is 11.3 Å². The van der Waals surface area contributed by atoms with E-state index in [1.54, 1.807) is 18.4 Å². The van der Waals surface area contributed by atoms with Gasteiger partial charge < -0.3 is 9.30 Å². The Kier molecular flexibility index (Phi) is 4.81. The van der Waals surface area contributed by atoms with E-state index in [1.165, 1.54) is 18.4 Å². The molecule has 1 aromatic carbocycles. The number of benzene rings is 1. The molecule has 0 atom stereocenters. The predicted molar refractivity (Wildman–Crippen MR) is 86.7 cm³/mol. The van der Waals surface area contributed by atoms with Gasteiger partial charge >= 0.3 is 5.97 Å². The molecule has 1 aromatic heterocycles. The van der Waals surface area contributed by atoms with Crippen LogP contribution in [0.25, 0.3) is 10.2 Å². The highest BCUT2D eigenvalue weighted by molar-refractivity contribution is 7.16.